The Morgan fingerprint density at radius 2 is 2.50 bits per heavy atom. The van der Waals surface area contributed by atoms with E-state index < -0.39 is 0 Å². The highest BCUT2D eigenvalue weighted by Gasteiger charge is 2.21. The monoisotopic (exact) mass is 218 g/mol. The van der Waals surface area contributed by atoms with E-state index in [2.05, 4.69) is 15.3 Å². The number of nitrogens with one attached hydrogen (secondary N) is 1. The summed E-state index contributed by atoms with van der Waals surface area (Å²) in [5.74, 6) is 0.945. The van der Waals surface area contributed by atoms with E-state index in [9.17, 15) is 0 Å². The van der Waals surface area contributed by atoms with Gasteiger partial charge < -0.3 is 14.6 Å². The summed E-state index contributed by atoms with van der Waals surface area (Å²) in [4.78, 5) is 8.89. The van der Waals surface area contributed by atoms with Crippen LogP contribution in [-0.2, 0) is 11.8 Å². The smallest absolute Gasteiger partial charge is 0.159 e. The molecule has 16 heavy (non-hydrogen) atoms. The maximum atomic E-state index is 5.70. The Morgan fingerprint density at radius 3 is 3.25 bits per heavy atom. The van der Waals surface area contributed by atoms with E-state index in [0.717, 1.165) is 36.7 Å². The number of pyridine rings is 1. The molecule has 1 N–H and O–H groups in total. The Balaban J connectivity index is 2.05. The van der Waals surface area contributed by atoms with Crippen molar-refractivity contribution in [3.05, 3.63) is 24.2 Å². The van der Waals surface area contributed by atoms with E-state index in [1.165, 1.54) is 0 Å². The molecule has 1 unspecified atom stereocenters. The summed E-state index contributed by atoms with van der Waals surface area (Å²) in [7, 11) is 1.98. The van der Waals surface area contributed by atoms with Crippen LogP contribution in [0, 0.1) is 0 Å². The molecular formula is C11H14N4O. The van der Waals surface area contributed by atoms with Gasteiger partial charge in [-0.05, 0) is 12.1 Å². The molecule has 2 aromatic rings. The summed E-state index contributed by atoms with van der Waals surface area (Å²) < 4.78 is 7.71. The van der Waals surface area contributed by atoms with Crippen molar-refractivity contribution < 1.29 is 4.74 Å². The lowest BCUT2D eigenvalue weighted by Crippen LogP contribution is -2.34. The van der Waals surface area contributed by atoms with Crippen LogP contribution in [0.2, 0.25) is 0 Å². The van der Waals surface area contributed by atoms with Crippen LogP contribution >= 0.6 is 0 Å². The molecule has 1 aliphatic rings. The van der Waals surface area contributed by atoms with Crippen LogP contribution in [0.4, 0.5) is 0 Å². The molecule has 1 fully saturated rings. The lowest BCUT2D eigenvalue weighted by Gasteiger charge is -2.22. The van der Waals surface area contributed by atoms with E-state index in [1.54, 1.807) is 6.20 Å². The van der Waals surface area contributed by atoms with Gasteiger partial charge in [-0.3, -0.25) is 0 Å². The molecular weight excluding hydrogens is 204 g/mol. The Morgan fingerprint density at radius 1 is 1.56 bits per heavy atom. The van der Waals surface area contributed by atoms with Crippen molar-refractivity contribution >= 4 is 11.2 Å². The Bertz CT molecular complexity index is 502. The van der Waals surface area contributed by atoms with Gasteiger partial charge in [-0.15, -0.1) is 0 Å². The van der Waals surface area contributed by atoms with Crippen LogP contribution in [0.15, 0.2) is 18.3 Å². The van der Waals surface area contributed by atoms with Gasteiger partial charge in [0.25, 0.3) is 0 Å². The largest absolute Gasteiger partial charge is 0.368 e. The fourth-order valence-corrected chi connectivity index (χ4v) is 2.06. The minimum absolute atomic E-state index is 0.0351. The second kappa shape index (κ2) is 3.84. The molecule has 0 bridgehead atoms. The van der Waals surface area contributed by atoms with Gasteiger partial charge in [0.1, 0.15) is 17.4 Å². The van der Waals surface area contributed by atoms with Crippen LogP contribution in [0.25, 0.3) is 11.2 Å². The second-order valence-electron chi connectivity index (χ2n) is 3.94. The normalized spacial score (nSPS) is 21.4. The lowest BCUT2D eigenvalue weighted by atomic mass is 10.3. The highest BCUT2D eigenvalue weighted by atomic mass is 16.5. The number of nitrogens with zero attached hydrogens (tertiary/aromatic N) is 3. The third-order valence-corrected chi connectivity index (χ3v) is 2.88. The first-order valence-corrected chi connectivity index (χ1v) is 5.46. The summed E-state index contributed by atoms with van der Waals surface area (Å²) in [5.41, 5.74) is 1.83. The molecule has 0 spiro atoms. The van der Waals surface area contributed by atoms with Gasteiger partial charge in [0, 0.05) is 26.3 Å². The fraction of sp³-hybridized carbons (Fsp3) is 0.455. The molecule has 3 heterocycles. The molecule has 0 saturated carbocycles. The standard InChI is InChI=1S/C11H14N4O/c1-15-10-8(3-2-4-13-10)14-11(15)9-7-12-5-6-16-9/h2-4,9,12H,5-7H2,1H3. The van der Waals surface area contributed by atoms with Crippen molar-refractivity contribution in [2.75, 3.05) is 19.7 Å². The van der Waals surface area contributed by atoms with Crippen LogP contribution in [0.1, 0.15) is 11.9 Å². The van der Waals surface area contributed by atoms with Crippen molar-refractivity contribution in [3.63, 3.8) is 0 Å². The van der Waals surface area contributed by atoms with Crippen LogP contribution in [0.3, 0.4) is 0 Å². The molecule has 0 aromatic carbocycles. The Hall–Kier alpha value is -1.46. The molecule has 5 heteroatoms. The van der Waals surface area contributed by atoms with E-state index in [-0.39, 0.29) is 6.10 Å². The van der Waals surface area contributed by atoms with Crippen molar-refractivity contribution in [3.8, 4) is 0 Å². The number of ether oxygens (including phenoxy) is 1. The molecule has 0 radical (unpaired) electrons. The zero-order valence-corrected chi connectivity index (χ0v) is 9.18. The molecule has 1 saturated heterocycles. The topological polar surface area (TPSA) is 52.0 Å². The van der Waals surface area contributed by atoms with E-state index in [1.807, 2.05) is 23.7 Å². The van der Waals surface area contributed by atoms with Gasteiger partial charge in [-0.25, -0.2) is 9.97 Å². The van der Waals surface area contributed by atoms with Crippen LogP contribution in [-0.4, -0.2) is 34.2 Å². The highest BCUT2D eigenvalue weighted by Crippen LogP contribution is 2.21. The number of fused-ring (bicyclic) bond motifs is 1. The summed E-state index contributed by atoms with van der Waals surface area (Å²) in [6.45, 7) is 2.47. The molecule has 2 aromatic heterocycles. The highest BCUT2D eigenvalue weighted by molar-refractivity contribution is 5.71. The maximum Gasteiger partial charge on any atom is 0.159 e. The third kappa shape index (κ3) is 1.48. The number of aryl methyl sites for hydroxylation is 1. The number of hydrogen-bond donors (Lipinski definition) is 1. The predicted molar refractivity (Wildman–Crippen MR) is 60.1 cm³/mol. The number of morpholine rings is 1. The van der Waals surface area contributed by atoms with E-state index in [0.29, 0.717) is 0 Å². The van der Waals surface area contributed by atoms with Gasteiger partial charge in [0.2, 0.25) is 0 Å². The SMILES string of the molecule is Cn1c(C2CNCCO2)nc2cccnc21. The molecule has 1 aliphatic heterocycles. The van der Waals surface area contributed by atoms with Gasteiger partial charge >= 0.3 is 0 Å². The zero-order chi connectivity index (χ0) is 11.0. The number of aromatic nitrogens is 3. The van der Waals surface area contributed by atoms with E-state index >= 15 is 0 Å². The number of hydrogen-bond acceptors (Lipinski definition) is 4. The Kier molecular flexibility index (Phi) is 2.34. The minimum atomic E-state index is 0.0351. The number of imidazole rings is 1. The zero-order valence-electron chi connectivity index (χ0n) is 9.18. The van der Waals surface area contributed by atoms with Crippen molar-refractivity contribution in [2.24, 2.45) is 7.05 Å². The van der Waals surface area contributed by atoms with Gasteiger partial charge in [-0.2, -0.15) is 0 Å². The van der Waals surface area contributed by atoms with Crippen molar-refractivity contribution in [2.45, 2.75) is 6.10 Å². The average Bonchev–Trinajstić information content (AvgIpc) is 2.69. The summed E-state index contributed by atoms with van der Waals surface area (Å²) in [6.07, 6.45) is 1.82. The molecule has 5 nitrogen and oxygen atoms in total. The van der Waals surface area contributed by atoms with Gasteiger partial charge in [0.15, 0.2) is 5.65 Å². The molecule has 3 rings (SSSR count). The maximum absolute atomic E-state index is 5.70. The predicted octanol–water partition coefficient (Wildman–Crippen LogP) is 0.629. The third-order valence-electron chi connectivity index (χ3n) is 2.88. The molecule has 0 aliphatic carbocycles. The molecule has 0 amide bonds. The van der Waals surface area contributed by atoms with E-state index in [4.69, 9.17) is 4.74 Å². The molecule has 1 atom stereocenters. The van der Waals surface area contributed by atoms with Crippen LogP contribution in [0.5, 0.6) is 0 Å². The minimum Gasteiger partial charge on any atom is -0.368 e. The van der Waals surface area contributed by atoms with Gasteiger partial charge in [0.05, 0.1) is 6.61 Å². The van der Waals surface area contributed by atoms with Crippen molar-refractivity contribution in [1.29, 1.82) is 0 Å². The Labute approximate surface area is 93.5 Å². The van der Waals surface area contributed by atoms with Crippen molar-refractivity contribution in [1.82, 2.24) is 19.9 Å². The lowest BCUT2D eigenvalue weighted by molar-refractivity contribution is 0.0208. The first kappa shape index (κ1) is 9.74. The number of rotatable bonds is 1. The summed E-state index contributed by atoms with van der Waals surface area (Å²) in [6, 6.07) is 3.88. The average molecular weight is 218 g/mol. The fourth-order valence-electron chi connectivity index (χ4n) is 2.06. The first-order chi connectivity index (χ1) is 7.86. The first-order valence-electron chi connectivity index (χ1n) is 5.46. The van der Waals surface area contributed by atoms with Crippen LogP contribution < -0.4 is 5.32 Å². The summed E-state index contributed by atoms with van der Waals surface area (Å²) >= 11 is 0. The molecule has 84 valence electrons. The summed E-state index contributed by atoms with van der Waals surface area (Å²) in [5, 5.41) is 3.31. The quantitative estimate of drug-likeness (QED) is 0.762. The van der Waals surface area contributed by atoms with Gasteiger partial charge in [-0.1, -0.05) is 0 Å². The second-order valence-corrected chi connectivity index (χ2v) is 3.94.